The lowest BCUT2D eigenvalue weighted by Gasteiger charge is -2.35. The molecule has 1 amide bonds. The minimum atomic E-state index is 0.145. The first-order valence-corrected chi connectivity index (χ1v) is 6.10. The molecule has 1 aromatic rings. The fourth-order valence-corrected chi connectivity index (χ4v) is 1.99. The van der Waals surface area contributed by atoms with E-state index in [0.29, 0.717) is 6.42 Å². The molecule has 17 heavy (non-hydrogen) atoms. The highest BCUT2D eigenvalue weighted by atomic mass is 16.2. The Balaban J connectivity index is 2.25. The average molecular weight is 230 g/mol. The van der Waals surface area contributed by atoms with E-state index in [-0.39, 0.29) is 5.91 Å². The van der Waals surface area contributed by atoms with Gasteiger partial charge in [0.15, 0.2) is 0 Å². The van der Waals surface area contributed by atoms with Crippen molar-refractivity contribution in [3.63, 3.8) is 0 Å². The van der Waals surface area contributed by atoms with Crippen LogP contribution in [0.3, 0.4) is 0 Å². The van der Waals surface area contributed by atoms with Gasteiger partial charge < -0.3 is 0 Å². The van der Waals surface area contributed by atoms with Gasteiger partial charge in [-0.1, -0.05) is 37.3 Å². The summed E-state index contributed by atoms with van der Waals surface area (Å²) >= 11 is 0. The standard InChI is InChI=1S/C14H18N2O/c1-2-14(17)16(13-9-5-3-6-10-13)15-11-7-4-8-12-15/h3-7,9-10H,2,8,11-12H2,1H3. The molecule has 1 aliphatic rings. The fraction of sp³-hybridized carbons (Fsp3) is 0.357. The molecule has 3 nitrogen and oxygen atoms in total. The topological polar surface area (TPSA) is 23.6 Å². The number of carbonyl (C=O) groups is 1. The Morgan fingerprint density at radius 2 is 2.06 bits per heavy atom. The van der Waals surface area contributed by atoms with Gasteiger partial charge in [0.05, 0.1) is 5.69 Å². The van der Waals surface area contributed by atoms with Gasteiger partial charge in [-0.2, -0.15) is 0 Å². The number of rotatable bonds is 3. The molecule has 2 rings (SSSR count). The quantitative estimate of drug-likeness (QED) is 0.745. The second-order valence-electron chi connectivity index (χ2n) is 4.07. The van der Waals surface area contributed by atoms with Crippen LogP contribution >= 0.6 is 0 Å². The van der Waals surface area contributed by atoms with E-state index in [1.165, 1.54) is 0 Å². The Hall–Kier alpha value is -1.61. The van der Waals surface area contributed by atoms with Crippen molar-refractivity contribution in [2.45, 2.75) is 19.8 Å². The number of benzene rings is 1. The summed E-state index contributed by atoms with van der Waals surface area (Å²) in [5.74, 6) is 0.145. The predicted molar refractivity (Wildman–Crippen MR) is 69.5 cm³/mol. The molecular weight excluding hydrogens is 212 g/mol. The minimum Gasteiger partial charge on any atom is -0.273 e. The summed E-state index contributed by atoms with van der Waals surface area (Å²) in [6, 6.07) is 9.85. The zero-order valence-corrected chi connectivity index (χ0v) is 10.2. The van der Waals surface area contributed by atoms with Crippen molar-refractivity contribution >= 4 is 11.6 Å². The van der Waals surface area contributed by atoms with Crippen molar-refractivity contribution in [2.24, 2.45) is 0 Å². The molecule has 0 N–H and O–H groups in total. The van der Waals surface area contributed by atoms with Gasteiger partial charge in [-0.25, -0.2) is 10.0 Å². The van der Waals surface area contributed by atoms with Gasteiger partial charge in [-0.05, 0) is 18.6 Å². The summed E-state index contributed by atoms with van der Waals surface area (Å²) in [4.78, 5) is 12.1. The molecule has 0 saturated carbocycles. The number of hydrogen-bond donors (Lipinski definition) is 0. The van der Waals surface area contributed by atoms with Gasteiger partial charge in [0.2, 0.25) is 5.91 Å². The van der Waals surface area contributed by atoms with Crippen LogP contribution < -0.4 is 5.01 Å². The maximum atomic E-state index is 12.1. The van der Waals surface area contributed by atoms with Crippen LogP contribution in [0.25, 0.3) is 0 Å². The largest absolute Gasteiger partial charge is 0.273 e. The lowest BCUT2D eigenvalue weighted by Crippen LogP contribution is -2.48. The number of hydrazine groups is 1. The summed E-state index contributed by atoms with van der Waals surface area (Å²) in [5, 5.41) is 3.91. The molecule has 3 heteroatoms. The van der Waals surface area contributed by atoms with Gasteiger partial charge >= 0.3 is 0 Å². The number of anilines is 1. The summed E-state index contributed by atoms with van der Waals surface area (Å²) < 4.78 is 0. The van der Waals surface area contributed by atoms with Crippen LogP contribution in [-0.4, -0.2) is 24.0 Å². The molecule has 0 aromatic heterocycles. The van der Waals surface area contributed by atoms with Crippen LogP contribution in [0.1, 0.15) is 19.8 Å². The average Bonchev–Trinajstić information content (AvgIpc) is 2.41. The zero-order valence-electron chi connectivity index (χ0n) is 10.2. The van der Waals surface area contributed by atoms with Crippen LogP contribution in [0, 0.1) is 0 Å². The van der Waals surface area contributed by atoms with E-state index in [0.717, 1.165) is 25.2 Å². The first kappa shape index (κ1) is 11.9. The third-order valence-corrected chi connectivity index (χ3v) is 2.86. The third-order valence-electron chi connectivity index (χ3n) is 2.86. The van der Waals surface area contributed by atoms with Gasteiger partial charge in [-0.15, -0.1) is 0 Å². The number of nitrogens with zero attached hydrogens (tertiary/aromatic N) is 2. The Labute approximate surface area is 102 Å². The number of carbonyl (C=O) groups excluding carboxylic acids is 1. The Bertz CT molecular complexity index is 400. The maximum Gasteiger partial charge on any atom is 0.241 e. The minimum absolute atomic E-state index is 0.145. The highest BCUT2D eigenvalue weighted by molar-refractivity contribution is 5.92. The predicted octanol–water partition coefficient (Wildman–Crippen LogP) is 2.61. The van der Waals surface area contributed by atoms with Crippen molar-refractivity contribution in [1.82, 2.24) is 5.01 Å². The maximum absolute atomic E-state index is 12.1. The van der Waals surface area contributed by atoms with E-state index in [1.54, 1.807) is 0 Å². The third kappa shape index (κ3) is 2.74. The molecule has 90 valence electrons. The van der Waals surface area contributed by atoms with Crippen molar-refractivity contribution in [3.8, 4) is 0 Å². The number of hydrogen-bond acceptors (Lipinski definition) is 2. The van der Waals surface area contributed by atoms with Crippen molar-refractivity contribution in [2.75, 3.05) is 18.1 Å². The van der Waals surface area contributed by atoms with Crippen LogP contribution in [0.2, 0.25) is 0 Å². The first-order valence-electron chi connectivity index (χ1n) is 6.10. The molecule has 0 bridgehead atoms. The number of para-hydroxylation sites is 1. The zero-order chi connectivity index (χ0) is 12.1. The Kier molecular flexibility index (Phi) is 3.94. The van der Waals surface area contributed by atoms with Crippen molar-refractivity contribution in [1.29, 1.82) is 0 Å². The van der Waals surface area contributed by atoms with Crippen LogP contribution in [0.5, 0.6) is 0 Å². The monoisotopic (exact) mass is 230 g/mol. The van der Waals surface area contributed by atoms with E-state index < -0.39 is 0 Å². The summed E-state index contributed by atoms with van der Waals surface area (Å²) in [6.45, 7) is 3.61. The highest BCUT2D eigenvalue weighted by Crippen LogP contribution is 2.19. The van der Waals surface area contributed by atoms with E-state index >= 15 is 0 Å². The molecule has 0 atom stereocenters. The summed E-state index contributed by atoms with van der Waals surface area (Å²) in [7, 11) is 0. The van der Waals surface area contributed by atoms with Crippen LogP contribution in [0.15, 0.2) is 42.5 Å². The molecule has 0 spiro atoms. The Morgan fingerprint density at radius 3 is 2.65 bits per heavy atom. The molecular formula is C14H18N2O. The molecule has 0 radical (unpaired) electrons. The first-order chi connectivity index (χ1) is 8.33. The summed E-state index contributed by atoms with van der Waals surface area (Å²) in [6.07, 6.45) is 5.80. The lowest BCUT2D eigenvalue weighted by molar-refractivity contribution is -0.121. The lowest BCUT2D eigenvalue weighted by atomic mass is 10.2. The van der Waals surface area contributed by atoms with E-state index in [9.17, 15) is 4.79 Å². The molecule has 0 saturated heterocycles. The van der Waals surface area contributed by atoms with E-state index in [2.05, 4.69) is 17.2 Å². The van der Waals surface area contributed by atoms with E-state index in [4.69, 9.17) is 0 Å². The summed E-state index contributed by atoms with van der Waals surface area (Å²) in [5.41, 5.74) is 0.953. The highest BCUT2D eigenvalue weighted by Gasteiger charge is 2.21. The second kappa shape index (κ2) is 5.64. The normalized spacial score (nSPS) is 15.8. The molecule has 1 heterocycles. The van der Waals surface area contributed by atoms with Gasteiger partial charge in [-0.3, -0.25) is 4.79 Å². The number of amides is 1. The fourth-order valence-electron chi connectivity index (χ4n) is 1.99. The second-order valence-corrected chi connectivity index (χ2v) is 4.07. The van der Waals surface area contributed by atoms with Crippen LogP contribution in [-0.2, 0) is 4.79 Å². The molecule has 0 aliphatic carbocycles. The van der Waals surface area contributed by atoms with Gasteiger partial charge in [0, 0.05) is 19.5 Å². The van der Waals surface area contributed by atoms with E-state index in [1.807, 2.05) is 42.3 Å². The van der Waals surface area contributed by atoms with Crippen molar-refractivity contribution in [3.05, 3.63) is 42.5 Å². The molecule has 1 aliphatic heterocycles. The van der Waals surface area contributed by atoms with Crippen LogP contribution in [0.4, 0.5) is 5.69 Å². The van der Waals surface area contributed by atoms with Gasteiger partial charge in [0.1, 0.15) is 0 Å². The molecule has 0 unspecified atom stereocenters. The SMILES string of the molecule is CCC(=O)N(c1ccccc1)N1CC=CCC1. The van der Waals surface area contributed by atoms with Crippen molar-refractivity contribution < 1.29 is 4.79 Å². The smallest absolute Gasteiger partial charge is 0.241 e. The van der Waals surface area contributed by atoms with Gasteiger partial charge in [0.25, 0.3) is 0 Å². The molecule has 1 aromatic carbocycles. The molecule has 0 fully saturated rings. The Morgan fingerprint density at radius 1 is 1.29 bits per heavy atom.